The fourth-order valence-corrected chi connectivity index (χ4v) is 5.60. The van der Waals surface area contributed by atoms with E-state index in [9.17, 15) is 14.7 Å². The lowest BCUT2D eigenvalue weighted by Gasteiger charge is -2.37. The molecule has 5 rings (SSSR count). The summed E-state index contributed by atoms with van der Waals surface area (Å²) < 4.78 is 31.0. The predicted octanol–water partition coefficient (Wildman–Crippen LogP) is 4.11. The van der Waals surface area contributed by atoms with Crippen molar-refractivity contribution in [2.75, 3.05) is 33.3 Å². The number of carbonyl (C=O) groups is 1. The number of amides is 1. The van der Waals surface area contributed by atoms with E-state index in [1.165, 1.54) is 30.9 Å². The Hall–Kier alpha value is -4.48. The van der Waals surface area contributed by atoms with E-state index in [2.05, 4.69) is 5.32 Å². The average molecular weight is 601 g/mol. The van der Waals surface area contributed by atoms with Crippen molar-refractivity contribution in [2.24, 2.45) is 0 Å². The molecule has 0 spiro atoms. The van der Waals surface area contributed by atoms with Gasteiger partial charge in [-0.25, -0.2) is 0 Å². The van der Waals surface area contributed by atoms with Crippen LogP contribution in [0, 0.1) is 0 Å². The molecule has 0 unspecified atom stereocenters. The summed E-state index contributed by atoms with van der Waals surface area (Å²) in [5.41, 5.74) is 1.32. The van der Waals surface area contributed by atoms with Crippen LogP contribution >= 0.6 is 0 Å². The van der Waals surface area contributed by atoms with Crippen LogP contribution in [0.3, 0.4) is 0 Å². The molecule has 4 aromatic rings. The number of aromatic nitrogens is 1. The van der Waals surface area contributed by atoms with Gasteiger partial charge < -0.3 is 34.1 Å². The Morgan fingerprint density at radius 3 is 1.95 bits per heavy atom. The molecule has 44 heavy (non-hydrogen) atoms. The summed E-state index contributed by atoms with van der Waals surface area (Å²) in [7, 11) is 4.67. The quantitative estimate of drug-likeness (QED) is 0.247. The Kier molecular flexibility index (Phi) is 9.46. The highest BCUT2D eigenvalue weighted by molar-refractivity contribution is 5.88. The Morgan fingerprint density at radius 2 is 1.45 bits per heavy atom. The van der Waals surface area contributed by atoms with Crippen LogP contribution in [-0.4, -0.2) is 61.8 Å². The fourth-order valence-electron chi connectivity index (χ4n) is 5.60. The smallest absolute Gasteiger partial charge is 0.254 e. The van der Waals surface area contributed by atoms with Crippen molar-refractivity contribution in [3.63, 3.8) is 0 Å². The van der Waals surface area contributed by atoms with Gasteiger partial charge in [-0.2, -0.15) is 0 Å². The van der Waals surface area contributed by atoms with E-state index >= 15 is 0 Å². The predicted molar refractivity (Wildman–Crippen MR) is 164 cm³/mol. The van der Waals surface area contributed by atoms with Crippen LogP contribution < -0.4 is 20.3 Å². The standard InChI is InChI=1S/C34H36N2O8/c1-22(37)35-26-18-19-36(30(38)20-26)33-32(42-4)31(39)29(44-33)21-43-34(23-8-6-5-7-9-23,24-10-14-27(40-2)15-11-24)25-12-16-28(41-3)17-13-25/h5-20,29,31-33,39H,21H2,1-4H3,(H,35,37)/t29-,31-,32-,33-/m1/s1. The molecule has 1 aliphatic rings. The molecule has 0 bridgehead atoms. The number of hydrogen-bond acceptors (Lipinski definition) is 8. The van der Waals surface area contributed by atoms with E-state index in [0.717, 1.165) is 16.7 Å². The lowest BCUT2D eigenvalue weighted by molar-refractivity contribution is -0.114. The summed E-state index contributed by atoms with van der Waals surface area (Å²) in [5, 5.41) is 13.9. The second-order valence-electron chi connectivity index (χ2n) is 10.4. The molecule has 4 atom stereocenters. The van der Waals surface area contributed by atoms with Gasteiger partial charge in [0.25, 0.3) is 5.56 Å². The maximum atomic E-state index is 13.0. The fraction of sp³-hybridized carbons (Fsp3) is 0.294. The zero-order valence-corrected chi connectivity index (χ0v) is 25.0. The summed E-state index contributed by atoms with van der Waals surface area (Å²) in [6, 6.07) is 27.9. The van der Waals surface area contributed by atoms with Gasteiger partial charge in [-0.05, 0) is 47.0 Å². The summed E-state index contributed by atoms with van der Waals surface area (Å²) in [5.74, 6) is 1.10. The molecule has 2 N–H and O–H groups in total. The van der Waals surface area contributed by atoms with Crippen molar-refractivity contribution in [3.05, 3.63) is 124 Å². The number of nitrogens with one attached hydrogen (secondary N) is 1. The minimum Gasteiger partial charge on any atom is -0.497 e. The first-order chi connectivity index (χ1) is 21.3. The topological polar surface area (TPSA) is 117 Å². The number of ether oxygens (including phenoxy) is 5. The average Bonchev–Trinajstić information content (AvgIpc) is 3.36. The van der Waals surface area contributed by atoms with Crippen LogP contribution in [0.1, 0.15) is 29.8 Å². The third kappa shape index (κ3) is 6.11. The molecule has 1 amide bonds. The number of pyridine rings is 1. The summed E-state index contributed by atoms with van der Waals surface area (Å²) in [6.07, 6.45) is -2.27. The van der Waals surface area contributed by atoms with Gasteiger partial charge >= 0.3 is 0 Å². The molecule has 3 aromatic carbocycles. The first-order valence-corrected chi connectivity index (χ1v) is 14.2. The molecule has 1 saturated heterocycles. The lowest BCUT2D eigenvalue weighted by Crippen LogP contribution is -2.40. The van der Waals surface area contributed by atoms with Crippen molar-refractivity contribution >= 4 is 11.6 Å². The van der Waals surface area contributed by atoms with Crippen molar-refractivity contribution in [1.29, 1.82) is 0 Å². The molecule has 0 saturated carbocycles. The van der Waals surface area contributed by atoms with Gasteiger partial charge in [-0.15, -0.1) is 0 Å². The molecular weight excluding hydrogens is 564 g/mol. The minimum atomic E-state index is -1.12. The molecule has 1 aromatic heterocycles. The molecule has 0 radical (unpaired) electrons. The summed E-state index contributed by atoms with van der Waals surface area (Å²) >= 11 is 0. The van der Waals surface area contributed by atoms with Crippen molar-refractivity contribution < 1.29 is 33.6 Å². The highest BCUT2D eigenvalue weighted by Gasteiger charge is 2.47. The molecule has 10 heteroatoms. The Morgan fingerprint density at radius 1 is 0.886 bits per heavy atom. The van der Waals surface area contributed by atoms with Crippen LogP contribution in [0.25, 0.3) is 0 Å². The van der Waals surface area contributed by atoms with Gasteiger partial charge in [-0.3, -0.25) is 14.2 Å². The number of benzene rings is 3. The number of carbonyl (C=O) groups excluding carboxylic acids is 1. The van der Waals surface area contributed by atoms with Crippen molar-refractivity contribution in [1.82, 2.24) is 4.57 Å². The normalized spacial score (nSPS) is 19.8. The number of hydrogen-bond donors (Lipinski definition) is 2. The number of anilines is 1. The zero-order chi connectivity index (χ0) is 31.3. The van der Waals surface area contributed by atoms with Crippen molar-refractivity contribution in [2.45, 2.75) is 37.1 Å². The van der Waals surface area contributed by atoms with Crippen LogP contribution in [0.15, 0.2) is 102 Å². The van der Waals surface area contributed by atoms with Gasteiger partial charge in [0.15, 0.2) is 6.23 Å². The monoisotopic (exact) mass is 600 g/mol. The van der Waals surface area contributed by atoms with Gasteiger partial charge in [0.1, 0.15) is 35.4 Å². The van der Waals surface area contributed by atoms with E-state index in [1.54, 1.807) is 20.3 Å². The molecule has 2 heterocycles. The van der Waals surface area contributed by atoms with Gasteiger partial charge in [0.05, 0.1) is 20.8 Å². The first kappa shape index (κ1) is 31.0. The molecule has 1 aliphatic heterocycles. The number of nitrogens with zero attached hydrogens (tertiary/aromatic N) is 1. The lowest BCUT2D eigenvalue weighted by atomic mass is 9.80. The number of rotatable bonds is 11. The van der Waals surface area contributed by atoms with Crippen LogP contribution in [0.5, 0.6) is 11.5 Å². The Balaban J connectivity index is 1.53. The largest absolute Gasteiger partial charge is 0.497 e. The second-order valence-corrected chi connectivity index (χ2v) is 10.4. The third-order valence-corrected chi connectivity index (χ3v) is 7.77. The number of aliphatic hydroxyl groups is 1. The Labute approximate surface area is 255 Å². The number of methoxy groups -OCH3 is 3. The number of aliphatic hydroxyl groups excluding tert-OH is 1. The van der Waals surface area contributed by atoms with Crippen LogP contribution in [-0.2, 0) is 24.6 Å². The van der Waals surface area contributed by atoms with E-state index < -0.39 is 35.7 Å². The summed E-state index contributed by atoms with van der Waals surface area (Å²) in [6.45, 7) is 1.31. The van der Waals surface area contributed by atoms with Gasteiger partial charge in [-0.1, -0.05) is 54.6 Å². The molecule has 230 valence electrons. The second kappa shape index (κ2) is 13.4. The van der Waals surface area contributed by atoms with Crippen LogP contribution in [0.2, 0.25) is 0 Å². The molecular formula is C34H36N2O8. The van der Waals surface area contributed by atoms with E-state index in [0.29, 0.717) is 17.2 Å². The third-order valence-electron chi connectivity index (χ3n) is 7.77. The first-order valence-electron chi connectivity index (χ1n) is 14.2. The zero-order valence-electron chi connectivity index (χ0n) is 25.0. The van der Waals surface area contributed by atoms with E-state index in [4.69, 9.17) is 23.7 Å². The van der Waals surface area contributed by atoms with Crippen molar-refractivity contribution in [3.8, 4) is 11.5 Å². The SMILES string of the molecule is COc1ccc(C(OC[C@H]2O[C@@H](n3ccc(NC(C)=O)cc3=O)[C@H](OC)[C@@H]2O)(c2ccccc2)c2ccc(OC)cc2)cc1. The highest BCUT2D eigenvalue weighted by Crippen LogP contribution is 2.43. The molecule has 0 aliphatic carbocycles. The van der Waals surface area contributed by atoms with E-state index in [-0.39, 0.29) is 12.5 Å². The molecule has 1 fully saturated rings. The summed E-state index contributed by atoms with van der Waals surface area (Å²) in [4.78, 5) is 24.5. The maximum absolute atomic E-state index is 13.0. The van der Waals surface area contributed by atoms with Gasteiger partial charge in [0, 0.05) is 32.0 Å². The van der Waals surface area contributed by atoms with Gasteiger partial charge in [0.2, 0.25) is 5.91 Å². The maximum Gasteiger partial charge on any atom is 0.254 e. The van der Waals surface area contributed by atoms with E-state index in [1.807, 2.05) is 78.9 Å². The highest BCUT2D eigenvalue weighted by atomic mass is 16.6. The molecule has 10 nitrogen and oxygen atoms in total. The minimum absolute atomic E-state index is 0.0524. The Bertz CT molecular complexity index is 1560. The van der Waals surface area contributed by atoms with Crippen LogP contribution in [0.4, 0.5) is 5.69 Å².